The van der Waals surface area contributed by atoms with Gasteiger partial charge < -0.3 is 10.2 Å². The molecule has 108 valence electrons. The number of thiazole rings is 1. The van der Waals surface area contributed by atoms with Gasteiger partial charge in [0, 0.05) is 18.6 Å². The standard InChI is InChI=1S/C16H23N3S/c1-12(2)19-9-7-13(8-10-19)17-11-16-18-14-5-3-4-6-15(14)20-16/h3-6,12-13,17H,7-11H2,1-2H3. The SMILES string of the molecule is CC(C)N1CCC(NCc2nc3ccccc3s2)CC1. The average molecular weight is 289 g/mol. The monoisotopic (exact) mass is 289 g/mol. The van der Waals surface area contributed by atoms with E-state index in [4.69, 9.17) is 0 Å². The lowest BCUT2D eigenvalue weighted by molar-refractivity contribution is 0.161. The van der Waals surface area contributed by atoms with Crippen molar-refractivity contribution < 1.29 is 0 Å². The van der Waals surface area contributed by atoms with Gasteiger partial charge in [-0.1, -0.05) is 12.1 Å². The molecule has 20 heavy (non-hydrogen) atoms. The van der Waals surface area contributed by atoms with Crippen molar-refractivity contribution >= 4 is 21.6 Å². The third kappa shape index (κ3) is 3.19. The Morgan fingerprint density at radius 2 is 2.05 bits per heavy atom. The fraction of sp³-hybridized carbons (Fsp3) is 0.562. The molecule has 1 fully saturated rings. The summed E-state index contributed by atoms with van der Waals surface area (Å²) in [7, 11) is 0. The second kappa shape index (κ2) is 6.20. The molecule has 1 saturated heterocycles. The lowest BCUT2D eigenvalue weighted by Crippen LogP contribution is -2.44. The van der Waals surface area contributed by atoms with Crippen LogP contribution in [0.15, 0.2) is 24.3 Å². The zero-order valence-corrected chi connectivity index (χ0v) is 13.1. The van der Waals surface area contributed by atoms with Gasteiger partial charge in [0.15, 0.2) is 0 Å². The van der Waals surface area contributed by atoms with Crippen LogP contribution in [0.2, 0.25) is 0 Å². The van der Waals surface area contributed by atoms with E-state index in [2.05, 4.69) is 53.3 Å². The highest BCUT2D eigenvalue weighted by molar-refractivity contribution is 7.18. The first kappa shape index (κ1) is 14.0. The van der Waals surface area contributed by atoms with Crippen LogP contribution in [0.3, 0.4) is 0 Å². The van der Waals surface area contributed by atoms with E-state index in [1.807, 2.05) is 11.3 Å². The summed E-state index contributed by atoms with van der Waals surface area (Å²) in [5, 5.41) is 4.89. The fourth-order valence-electron chi connectivity index (χ4n) is 2.85. The number of hydrogen-bond acceptors (Lipinski definition) is 4. The molecule has 3 nitrogen and oxygen atoms in total. The van der Waals surface area contributed by atoms with Gasteiger partial charge in [-0.05, 0) is 51.9 Å². The number of para-hydroxylation sites is 1. The minimum atomic E-state index is 0.650. The highest BCUT2D eigenvalue weighted by Gasteiger charge is 2.20. The summed E-state index contributed by atoms with van der Waals surface area (Å²) < 4.78 is 1.29. The number of likely N-dealkylation sites (tertiary alicyclic amines) is 1. The van der Waals surface area contributed by atoms with E-state index in [1.165, 1.54) is 35.6 Å². The van der Waals surface area contributed by atoms with E-state index in [0.717, 1.165) is 12.1 Å². The molecule has 1 N–H and O–H groups in total. The smallest absolute Gasteiger partial charge is 0.108 e. The summed E-state index contributed by atoms with van der Waals surface area (Å²) >= 11 is 1.81. The van der Waals surface area contributed by atoms with Crippen LogP contribution in [-0.2, 0) is 6.54 Å². The van der Waals surface area contributed by atoms with Crippen molar-refractivity contribution in [3.63, 3.8) is 0 Å². The summed E-state index contributed by atoms with van der Waals surface area (Å²) in [6, 6.07) is 9.71. The molecule has 4 heteroatoms. The minimum absolute atomic E-state index is 0.650. The summed E-state index contributed by atoms with van der Waals surface area (Å²) in [6.45, 7) is 7.92. The van der Waals surface area contributed by atoms with E-state index in [9.17, 15) is 0 Å². The Bertz CT molecular complexity index is 523. The highest BCUT2D eigenvalue weighted by Crippen LogP contribution is 2.22. The normalized spacial score (nSPS) is 18.1. The summed E-state index contributed by atoms with van der Waals surface area (Å²) in [5.41, 5.74) is 1.13. The Morgan fingerprint density at radius 1 is 1.30 bits per heavy atom. The largest absolute Gasteiger partial charge is 0.308 e. The molecular weight excluding hydrogens is 266 g/mol. The van der Waals surface area contributed by atoms with Gasteiger partial charge in [-0.2, -0.15) is 0 Å². The zero-order chi connectivity index (χ0) is 13.9. The van der Waals surface area contributed by atoms with E-state index < -0.39 is 0 Å². The van der Waals surface area contributed by atoms with Gasteiger partial charge in [0.05, 0.1) is 10.2 Å². The van der Waals surface area contributed by atoms with Gasteiger partial charge in [-0.25, -0.2) is 4.98 Å². The number of rotatable bonds is 4. The van der Waals surface area contributed by atoms with Crippen molar-refractivity contribution in [1.82, 2.24) is 15.2 Å². The number of nitrogens with zero attached hydrogens (tertiary/aromatic N) is 2. The zero-order valence-electron chi connectivity index (χ0n) is 12.3. The average Bonchev–Trinajstić information content (AvgIpc) is 2.88. The maximum Gasteiger partial charge on any atom is 0.108 e. The second-order valence-corrected chi connectivity index (χ2v) is 6.98. The molecule has 0 saturated carbocycles. The van der Waals surface area contributed by atoms with Crippen LogP contribution in [0.25, 0.3) is 10.2 Å². The van der Waals surface area contributed by atoms with E-state index in [1.54, 1.807) is 0 Å². The van der Waals surface area contributed by atoms with E-state index in [-0.39, 0.29) is 0 Å². The topological polar surface area (TPSA) is 28.2 Å². The molecule has 0 atom stereocenters. The van der Waals surface area contributed by atoms with Crippen LogP contribution in [0.5, 0.6) is 0 Å². The molecule has 0 spiro atoms. The van der Waals surface area contributed by atoms with Crippen molar-refractivity contribution in [3.05, 3.63) is 29.3 Å². The minimum Gasteiger partial charge on any atom is -0.308 e. The molecule has 3 rings (SSSR count). The van der Waals surface area contributed by atoms with Crippen LogP contribution in [0.4, 0.5) is 0 Å². The van der Waals surface area contributed by atoms with Gasteiger partial charge in [-0.3, -0.25) is 0 Å². The Balaban J connectivity index is 1.52. The Labute approximate surface area is 125 Å². The number of fused-ring (bicyclic) bond motifs is 1. The predicted octanol–water partition coefficient (Wildman–Crippen LogP) is 3.26. The number of nitrogens with one attached hydrogen (secondary N) is 1. The van der Waals surface area contributed by atoms with Crippen LogP contribution in [0.1, 0.15) is 31.7 Å². The molecule has 1 aliphatic heterocycles. The maximum absolute atomic E-state index is 4.69. The summed E-state index contributed by atoms with van der Waals surface area (Å²) in [5.74, 6) is 0. The molecule has 0 radical (unpaired) electrons. The Kier molecular flexibility index (Phi) is 4.34. The van der Waals surface area contributed by atoms with Crippen molar-refractivity contribution in [3.8, 4) is 0 Å². The van der Waals surface area contributed by atoms with Crippen molar-refractivity contribution in [1.29, 1.82) is 0 Å². The molecule has 1 aliphatic rings. The predicted molar refractivity (Wildman–Crippen MR) is 86.2 cm³/mol. The third-order valence-corrected chi connectivity index (χ3v) is 5.18. The number of aromatic nitrogens is 1. The van der Waals surface area contributed by atoms with Gasteiger partial charge >= 0.3 is 0 Å². The quantitative estimate of drug-likeness (QED) is 0.936. The molecule has 0 unspecified atom stereocenters. The van der Waals surface area contributed by atoms with Crippen LogP contribution >= 0.6 is 11.3 Å². The van der Waals surface area contributed by atoms with Gasteiger partial charge in [-0.15, -0.1) is 11.3 Å². The Hall–Kier alpha value is -0.970. The number of hydrogen-bond donors (Lipinski definition) is 1. The highest BCUT2D eigenvalue weighted by atomic mass is 32.1. The van der Waals surface area contributed by atoms with E-state index in [0.29, 0.717) is 12.1 Å². The number of piperidine rings is 1. The first-order valence-electron chi connectivity index (χ1n) is 7.54. The first-order valence-corrected chi connectivity index (χ1v) is 8.36. The molecule has 0 amide bonds. The lowest BCUT2D eigenvalue weighted by atomic mass is 10.0. The van der Waals surface area contributed by atoms with Crippen LogP contribution < -0.4 is 5.32 Å². The van der Waals surface area contributed by atoms with E-state index >= 15 is 0 Å². The first-order chi connectivity index (χ1) is 9.72. The molecule has 1 aromatic carbocycles. The fourth-order valence-corrected chi connectivity index (χ4v) is 3.77. The summed E-state index contributed by atoms with van der Waals surface area (Å²) in [6.07, 6.45) is 2.51. The maximum atomic E-state index is 4.69. The molecule has 0 bridgehead atoms. The third-order valence-electron chi connectivity index (χ3n) is 4.14. The van der Waals surface area contributed by atoms with Gasteiger partial charge in [0.1, 0.15) is 5.01 Å². The van der Waals surface area contributed by atoms with Gasteiger partial charge in [0.2, 0.25) is 0 Å². The van der Waals surface area contributed by atoms with Crippen molar-refractivity contribution in [2.45, 2.75) is 45.3 Å². The second-order valence-electron chi connectivity index (χ2n) is 5.86. The number of benzene rings is 1. The molecular formula is C16H23N3S. The Morgan fingerprint density at radius 3 is 2.75 bits per heavy atom. The molecule has 0 aliphatic carbocycles. The van der Waals surface area contributed by atoms with Crippen LogP contribution in [0, 0.1) is 0 Å². The van der Waals surface area contributed by atoms with Crippen molar-refractivity contribution in [2.75, 3.05) is 13.1 Å². The van der Waals surface area contributed by atoms with Gasteiger partial charge in [0.25, 0.3) is 0 Å². The van der Waals surface area contributed by atoms with Crippen molar-refractivity contribution in [2.24, 2.45) is 0 Å². The summed E-state index contributed by atoms with van der Waals surface area (Å²) in [4.78, 5) is 7.25. The van der Waals surface area contributed by atoms with Crippen LogP contribution in [-0.4, -0.2) is 35.1 Å². The molecule has 2 heterocycles. The lowest BCUT2D eigenvalue weighted by Gasteiger charge is -2.34. The molecule has 2 aromatic rings. The molecule has 1 aromatic heterocycles.